The van der Waals surface area contributed by atoms with Gasteiger partial charge in [-0.15, -0.1) is 0 Å². The fraction of sp³-hybridized carbons (Fsp3) is 0.857. The molecule has 2 heterocycles. The quantitative estimate of drug-likeness (QED) is 0.351. The van der Waals surface area contributed by atoms with Crippen molar-refractivity contribution in [2.75, 3.05) is 6.61 Å². The molecular formula is C28H56N2O6Si3. The molecular weight excluding hydrogens is 545 g/mol. The zero-order chi connectivity index (χ0) is 30.6. The third kappa shape index (κ3) is 7.52. The van der Waals surface area contributed by atoms with Gasteiger partial charge in [-0.1, -0.05) is 62.3 Å². The van der Waals surface area contributed by atoms with Gasteiger partial charge in [0.15, 0.2) is 25.0 Å². The third-order valence-corrected chi connectivity index (χ3v) is 23.1. The Morgan fingerprint density at radius 3 is 1.67 bits per heavy atom. The number of rotatable bonds is 8. The van der Waals surface area contributed by atoms with E-state index in [1.807, 2.05) is 0 Å². The lowest BCUT2D eigenvalue weighted by atomic mass is 10.0. The molecule has 2 rings (SSSR count). The van der Waals surface area contributed by atoms with Crippen LogP contribution in [0.1, 0.15) is 74.0 Å². The molecule has 1 aliphatic rings. The molecule has 1 aromatic rings. The van der Waals surface area contributed by atoms with E-state index in [4.69, 9.17) is 18.0 Å². The van der Waals surface area contributed by atoms with Gasteiger partial charge in [-0.05, 0) is 54.4 Å². The Bertz CT molecular complexity index is 1120. The largest absolute Gasteiger partial charge is 0.414 e. The maximum absolute atomic E-state index is 13.1. The van der Waals surface area contributed by atoms with Crippen LogP contribution in [-0.2, 0) is 25.1 Å². The molecule has 0 radical (unpaired) electrons. The monoisotopic (exact) mass is 600 g/mol. The Balaban J connectivity index is 2.70. The van der Waals surface area contributed by atoms with Crippen LogP contribution in [0.5, 0.6) is 0 Å². The predicted octanol–water partition coefficient (Wildman–Crippen LogP) is 6.32. The van der Waals surface area contributed by atoms with E-state index in [-0.39, 0.29) is 15.1 Å². The van der Waals surface area contributed by atoms with Crippen LogP contribution in [0, 0.1) is 0 Å². The van der Waals surface area contributed by atoms with Gasteiger partial charge < -0.3 is 22.6 Å². The highest BCUT2D eigenvalue weighted by Gasteiger charge is 2.55. The molecule has 0 spiro atoms. The molecule has 2 unspecified atom stereocenters. The molecule has 1 saturated heterocycles. The standard InChI is InChI=1S/C28H56N2O6Si3/c1-26(2,3)37(11,12)33-18-20-22(35-38(13,14)27(4,5)6)23(36-39(15,16)28(7,8)9)21(34-20)19-17-30(10)25(32)29-24(19)31/h17,20-23H,18H2,1-16H3,(H,29,31,32)/t20-,21+,22?,23?/m1/s1. The van der Waals surface area contributed by atoms with Gasteiger partial charge in [0.05, 0.1) is 12.2 Å². The number of aromatic nitrogens is 2. The van der Waals surface area contributed by atoms with E-state index in [0.717, 1.165) is 0 Å². The number of ether oxygens (including phenoxy) is 1. The summed E-state index contributed by atoms with van der Waals surface area (Å²) in [6, 6.07) is 0. The molecule has 0 aliphatic carbocycles. The number of H-pyrrole nitrogens is 1. The Morgan fingerprint density at radius 1 is 0.795 bits per heavy atom. The first-order chi connectivity index (χ1) is 17.2. The molecule has 11 heteroatoms. The van der Waals surface area contributed by atoms with Gasteiger partial charge >= 0.3 is 5.69 Å². The molecule has 8 nitrogen and oxygen atoms in total. The van der Waals surface area contributed by atoms with Crippen LogP contribution in [0.15, 0.2) is 15.8 Å². The van der Waals surface area contributed by atoms with E-state index in [0.29, 0.717) is 12.2 Å². The number of aryl methyl sites for hydroxylation is 1. The lowest BCUT2D eigenvalue weighted by molar-refractivity contribution is -0.0179. The first kappa shape index (κ1) is 34.4. The van der Waals surface area contributed by atoms with E-state index >= 15 is 0 Å². The predicted molar refractivity (Wildman–Crippen MR) is 167 cm³/mol. The second-order valence-electron chi connectivity index (χ2n) is 15.8. The molecule has 0 amide bonds. The summed E-state index contributed by atoms with van der Waals surface area (Å²) in [5.74, 6) is 0. The van der Waals surface area contributed by atoms with Crippen LogP contribution in [0.3, 0.4) is 0 Å². The number of hydrogen-bond donors (Lipinski definition) is 1. The van der Waals surface area contributed by atoms with Crippen LogP contribution < -0.4 is 11.2 Å². The molecule has 226 valence electrons. The minimum atomic E-state index is -2.33. The average molecular weight is 601 g/mol. The number of nitrogens with one attached hydrogen (secondary N) is 1. The van der Waals surface area contributed by atoms with Gasteiger partial charge in [0.2, 0.25) is 0 Å². The van der Waals surface area contributed by atoms with Crippen LogP contribution >= 0.6 is 0 Å². The van der Waals surface area contributed by atoms with Crippen molar-refractivity contribution in [2.24, 2.45) is 7.05 Å². The highest BCUT2D eigenvalue weighted by Crippen LogP contribution is 2.47. The molecule has 0 aromatic carbocycles. The van der Waals surface area contributed by atoms with Crippen molar-refractivity contribution < 1.29 is 18.0 Å². The van der Waals surface area contributed by atoms with E-state index in [9.17, 15) is 9.59 Å². The highest BCUT2D eigenvalue weighted by molar-refractivity contribution is 6.75. The number of nitrogens with zero attached hydrogens (tertiary/aromatic N) is 1. The first-order valence-electron chi connectivity index (χ1n) is 14.2. The smallest absolute Gasteiger partial charge is 0.328 e. The second-order valence-corrected chi connectivity index (χ2v) is 30.1. The minimum Gasteiger partial charge on any atom is -0.414 e. The SMILES string of the molecule is Cn1cc([C@@H]2O[C@H](CO[Si](C)(C)C(C)(C)C)C(O[Si](C)(C)C(C)(C)C)C2O[Si](C)(C)C(C)(C)C)c(=O)[nH]c1=O. The van der Waals surface area contributed by atoms with Crippen molar-refractivity contribution in [1.29, 1.82) is 0 Å². The van der Waals surface area contributed by atoms with E-state index < -0.39 is 60.6 Å². The van der Waals surface area contributed by atoms with Crippen LogP contribution in [0.4, 0.5) is 0 Å². The van der Waals surface area contributed by atoms with Crippen molar-refractivity contribution in [2.45, 2.75) is 141 Å². The van der Waals surface area contributed by atoms with Crippen LogP contribution in [0.25, 0.3) is 0 Å². The highest BCUT2D eigenvalue weighted by atomic mass is 28.4. The Morgan fingerprint density at radius 2 is 1.23 bits per heavy atom. The summed E-state index contributed by atoms with van der Waals surface area (Å²) in [4.78, 5) is 27.8. The van der Waals surface area contributed by atoms with Gasteiger partial charge in [-0.2, -0.15) is 0 Å². The Labute approximate surface area is 239 Å². The molecule has 0 saturated carbocycles. The lowest BCUT2D eigenvalue weighted by Crippen LogP contribution is -2.54. The maximum atomic E-state index is 13.1. The van der Waals surface area contributed by atoms with Gasteiger partial charge in [-0.25, -0.2) is 4.79 Å². The molecule has 1 aliphatic heterocycles. The summed E-state index contributed by atoms with van der Waals surface area (Å²) in [5.41, 5.74) is -0.543. The van der Waals surface area contributed by atoms with Crippen LogP contribution in [0.2, 0.25) is 54.4 Å². The molecule has 1 fully saturated rings. The lowest BCUT2D eigenvalue weighted by Gasteiger charge is -2.44. The Kier molecular flexibility index (Phi) is 9.79. The molecule has 1 N–H and O–H groups in total. The normalized spacial score (nSPS) is 23.9. The van der Waals surface area contributed by atoms with E-state index in [2.05, 4.69) is 107 Å². The van der Waals surface area contributed by atoms with Gasteiger partial charge in [0.1, 0.15) is 24.4 Å². The summed E-state index contributed by atoms with van der Waals surface area (Å²) in [6.45, 7) is 33.6. The second kappa shape index (κ2) is 11.1. The number of hydrogen-bond acceptors (Lipinski definition) is 6. The minimum absolute atomic E-state index is 0.0344. The van der Waals surface area contributed by atoms with Gasteiger partial charge in [0.25, 0.3) is 5.56 Å². The summed E-state index contributed by atoms with van der Waals surface area (Å²) in [6.07, 6.45) is -0.492. The zero-order valence-corrected chi connectivity index (χ0v) is 30.5. The maximum Gasteiger partial charge on any atom is 0.328 e. The van der Waals surface area contributed by atoms with Gasteiger partial charge in [-0.3, -0.25) is 9.78 Å². The first-order valence-corrected chi connectivity index (χ1v) is 22.9. The van der Waals surface area contributed by atoms with E-state index in [1.54, 1.807) is 13.2 Å². The molecule has 39 heavy (non-hydrogen) atoms. The van der Waals surface area contributed by atoms with Gasteiger partial charge in [0, 0.05) is 13.2 Å². The fourth-order valence-corrected chi connectivity index (χ4v) is 7.34. The zero-order valence-electron chi connectivity index (χ0n) is 27.5. The summed E-state index contributed by atoms with van der Waals surface area (Å²) in [5, 5.41) is -0.0665. The summed E-state index contributed by atoms with van der Waals surface area (Å²) >= 11 is 0. The van der Waals surface area contributed by atoms with E-state index in [1.165, 1.54) is 4.57 Å². The van der Waals surface area contributed by atoms with Crippen LogP contribution in [-0.4, -0.2) is 59.4 Å². The molecule has 0 bridgehead atoms. The van der Waals surface area contributed by atoms with Crippen molar-refractivity contribution >= 4 is 25.0 Å². The fourth-order valence-electron chi connectivity index (χ4n) is 3.71. The number of aromatic amines is 1. The topological polar surface area (TPSA) is 91.8 Å². The summed E-state index contributed by atoms with van der Waals surface area (Å²) < 4.78 is 29.0. The third-order valence-electron chi connectivity index (χ3n) is 9.64. The summed E-state index contributed by atoms with van der Waals surface area (Å²) in [7, 11) is -5.07. The van der Waals surface area contributed by atoms with Crippen molar-refractivity contribution in [1.82, 2.24) is 9.55 Å². The van der Waals surface area contributed by atoms with Crippen molar-refractivity contribution in [3.8, 4) is 0 Å². The van der Waals surface area contributed by atoms with Crippen molar-refractivity contribution in [3.63, 3.8) is 0 Å². The molecule has 1 aromatic heterocycles. The average Bonchev–Trinajstić information content (AvgIpc) is 3.02. The molecule has 4 atom stereocenters. The van der Waals surface area contributed by atoms with Crippen molar-refractivity contribution in [3.05, 3.63) is 32.6 Å². The Hall–Kier alpha value is -0.829.